The van der Waals surface area contributed by atoms with Crippen molar-refractivity contribution in [1.82, 2.24) is 0 Å². The van der Waals surface area contributed by atoms with Crippen molar-refractivity contribution in [3.8, 4) is 0 Å². The molecule has 4 rings (SSSR count). The van der Waals surface area contributed by atoms with E-state index in [0.29, 0.717) is 5.96 Å². The second kappa shape index (κ2) is 17.9. The maximum atomic E-state index is 10.5. The van der Waals surface area contributed by atoms with Crippen molar-refractivity contribution in [2.75, 3.05) is 11.1 Å². The van der Waals surface area contributed by atoms with Crippen LogP contribution in [0.3, 0.4) is 0 Å². The number of hydrogen-bond acceptors (Lipinski definition) is 5. The highest BCUT2D eigenvalue weighted by molar-refractivity contribution is 6.01. The summed E-state index contributed by atoms with van der Waals surface area (Å²) in [6.45, 7) is 1.44. The number of carbonyl (C=O) groups is 3. The normalized spacial score (nSPS) is 9.55. The van der Waals surface area contributed by atoms with E-state index < -0.39 is 11.9 Å². The van der Waals surface area contributed by atoms with Crippen LogP contribution >= 0.6 is 0 Å². The number of nitrogen functional groups attached to an aromatic ring is 1. The van der Waals surface area contributed by atoms with E-state index >= 15 is 0 Å². The average Bonchev–Trinajstić information content (AvgIpc) is 2.91. The van der Waals surface area contributed by atoms with Crippen LogP contribution in [0.5, 0.6) is 0 Å². The zero-order chi connectivity index (χ0) is 28.2. The summed E-state index contributed by atoms with van der Waals surface area (Å²) >= 11 is 0. The number of carbonyl (C=O) groups excluding carboxylic acids is 1. The van der Waals surface area contributed by atoms with Crippen molar-refractivity contribution in [1.29, 1.82) is 0 Å². The van der Waals surface area contributed by atoms with Crippen molar-refractivity contribution in [3.05, 3.63) is 126 Å². The quantitative estimate of drug-likeness (QED) is 0.106. The third-order valence-corrected chi connectivity index (χ3v) is 4.24. The standard InChI is InChI=1S/C13H13N3.C8H6O4.C6H7N.C2H4O/c14-13(15-11-7-3-1-4-8-11)16-12-9-5-2-6-10-12;9-7(10)5-3-1-2-4-6(5)8(11)12;7-6-4-2-1-3-5-6;1-2-3/h1-10H,(H3,14,15,16);1-4H,(H,9,10)(H,11,12);1-5H,7H2;2H,1H3. The van der Waals surface area contributed by atoms with E-state index in [9.17, 15) is 9.59 Å². The molecule has 196 valence electrons. The van der Waals surface area contributed by atoms with Crippen molar-refractivity contribution >= 4 is 41.2 Å². The van der Waals surface area contributed by atoms with Gasteiger partial charge in [0.1, 0.15) is 6.29 Å². The molecule has 0 bridgehead atoms. The number of nitrogens with zero attached hydrogens (tertiary/aromatic N) is 1. The number of carboxylic acids is 2. The Morgan fingerprint density at radius 1 is 0.711 bits per heavy atom. The second-order valence-electron chi connectivity index (χ2n) is 7.13. The molecule has 0 aliphatic heterocycles. The number of hydrogen-bond donors (Lipinski definition) is 5. The lowest BCUT2D eigenvalue weighted by atomic mass is 10.1. The molecule has 0 aliphatic rings. The van der Waals surface area contributed by atoms with Crippen LogP contribution in [-0.2, 0) is 4.79 Å². The lowest BCUT2D eigenvalue weighted by molar-refractivity contribution is -0.106. The van der Waals surface area contributed by atoms with Crippen LogP contribution in [0.1, 0.15) is 27.6 Å². The van der Waals surface area contributed by atoms with Crippen LogP contribution in [0.4, 0.5) is 17.1 Å². The highest BCUT2D eigenvalue weighted by Gasteiger charge is 2.13. The number of aldehydes is 1. The van der Waals surface area contributed by atoms with Gasteiger partial charge in [-0.2, -0.15) is 0 Å². The van der Waals surface area contributed by atoms with Crippen LogP contribution < -0.4 is 16.8 Å². The Morgan fingerprint density at radius 3 is 1.45 bits per heavy atom. The molecular formula is C29H30N4O5. The third kappa shape index (κ3) is 12.9. The number of nitrogens with one attached hydrogen (secondary N) is 1. The summed E-state index contributed by atoms with van der Waals surface area (Å²) in [4.78, 5) is 34.0. The Morgan fingerprint density at radius 2 is 1.08 bits per heavy atom. The van der Waals surface area contributed by atoms with E-state index in [0.717, 1.165) is 23.3 Å². The average molecular weight is 515 g/mol. The van der Waals surface area contributed by atoms with E-state index in [2.05, 4.69) is 10.3 Å². The van der Waals surface area contributed by atoms with Gasteiger partial charge in [-0.15, -0.1) is 0 Å². The number of guanidine groups is 1. The Kier molecular flexibility index (Phi) is 14.4. The molecule has 4 aromatic rings. The van der Waals surface area contributed by atoms with Gasteiger partial charge >= 0.3 is 11.9 Å². The maximum Gasteiger partial charge on any atom is 0.336 e. The Hall–Kier alpha value is -5.44. The summed E-state index contributed by atoms with van der Waals surface area (Å²) in [7, 11) is 0. The molecule has 0 radical (unpaired) electrons. The van der Waals surface area contributed by atoms with E-state index in [1.165, 1.54) is 31.2 Å². The Bertz CT molecular complexity index is 1250. The number of nitrogens with two attached hydrogens (primary N) is 2. The summed E-state index contributed by atoms with van der Waals surface area (Å²) < 4.78 is 0. The topological polar surface area (TPSA) is 168 Å². The predicted molar refractivity (Wildman–Crippen MR) is 151 cm³/mol. The first-order valence-corrected chi connectivity index (χ1v) is 11.3. The lowest BCUT2D eigenvalue weighted by Crippen LogP contribution is -2.21. The van der Waals surface area contributed by atoms with Crippen molar-refractivity contribution < 1.29 is 24.6 Å². The van der Waals surface area contributed by atoms with E-state index in [4.69, 9.17) is 26.5 Å². The molecule has 0 atom stereocenters. The van der Waals surface area contributed by atoms with Gasteiger partial charge in [-0.3, -0.25) is 0 Å². The highest BCUT2D eigenvalue weighted by atomic mass is 16.4. The molecule has 0 aromatic heterocycles. The van der Waals surface area contributed by atoms with Crippen LogP contribution in [0.25, 0.3) is 0 Å². The van der Waals surface area contributed by atoms with Crippen molar-refractivity contribution in [2.45, 2.75) is 6.92 Å². The smallest absolute Gasteiger partial charge is 0.336 e. The molecule has 4 aromatic carbocycles. The maximum absolute atomic E-state index is 10.5. The SMILES string of the molecule is CC=O.NC(=Nc1ccccc1)Nc1ccccc1.Nc1ccccc1.O=C(O)c1ccccc1C(=O)O. The molecule has 9 nitrogen and oxygen atoms in total. The summed E-state index contributed by atoms with van der Waals surface area (Å²) in [5.41, 5.74) is 13.3. The summed E-state index contributed by atoms with van der Waals surface area (Å²) in [5, 5.41) is 20.1. The van der Waals surface area contributed by atoms with Crippen LogP contribution in [0, 0.1) is 0 Å². The van der Waals surface area contributed by atoms with Crippen molar-refractivity contribution in [3.63, 3.8) is 0 Å². The molecule has 0 saturated heterocycles. The largest absolute Gasteiger partial charge is 0.478 e. The number of benzene rings is 4. The molecule has 7 N–H and O–H groups in total. The zero-order valence-corrected chi connectivity index (χ0v) is 20.8. The van der Waals surface area contributed by atoms with Gasteiger partial charge in [0.25, 0.3) is 0 Å². The molecule has 9 heteroatoms. The first-order valence-electron chi connectivity index (χ1n) is 11.3. The van der Waals surface area contributed by atoms with Gasteiger partial charge in [0.05, 0.1) is 16.8 Å². The van der Waals surface area contributed by atoms with Crippen LogP contribution in [0.2, 0.25) is 0 Å². The highest BCUT2D eigenvalue weighted by Crippen LogP contribution is 2.11. The van der Waals surface area contributed by atoms with Crippen LogP contribution in [-0.4, -0.2) is 34.4 Å². The second-order valence-corrected chi connectivity index (χ2v) is 7.13. The molecule has 38 heavy (non-hydrogen) atoms. The fraction of sp³-hybridized carbons (Fsp3) is 0.0345. The fourth-order valence-electron chi connectivity index (χ4n) is 2.65. The number of anilines is 2. The predicted octanol–water partition coefficient (Wildman–Crippen LogP) is 5.30. The first-order chi connectivity index (χ1) is 18.3. The van der Waals surface area contributed by atoms with Gasteiger partial charge in [-0.05, 0) is 55.5 Å². The minimum Gasteiger partial charge on any atom is -0.478 e. The van der Waals surface area contributed by atoms with Gasteiger partial charge in [-0.25, -0.2) is 14.6 Å². The fourth-order valence-corrected chi connectivity index (χ4v) is 2.65. The van der Waals surface area contributed by atoms with Gasteiger partial charge in [0.15, 0.2) is 5.96 Å². The molecule has 0 unspecified atom stereocenters. The lowest BCUT2D eigenvalue weighted by Gasteiger charge is -2.04. The van der Waals surface area contributed by atoms with E-state index in [1.54, 1.807) is 0 Å². The summed E-state index contributed by atoms with van der Waals surface area (Å²) in [6.07, 6.45) is 0.750. The molecule has 0 heterocycles. The van der Waals surface area contributed by atoms with Gasteiger partial charge in [-0.1, -0.05) is 66.7 Å². The van der Waals surface area contributed by atoms with E-state index in [1.807, 2.05) is 91.0 Å². The first kappa shape index (κ1) is 30.6. The van der Waals surface area contributed by atoms with E-state index in [-0.39, 0.29) is 11.1 Å². The number of aromatic carboxylic acids is 2. The van der Waals surface area contributed by atoms with Gasteiger partial charge in [0, 0.05) is 11.4 Å². The van der Waals surface area contributed by atoms with Crippen molar-refractivity contribution in [2.24, 2.45) is 10.7 Å². The summed E-state index contributed by atoms with van der Waals surface area (Å²) in [6, 6.07) is 34.3. The number of aliphatic imine (C=N–C) groups is 1. The molecule has 0 aliphatic carbocycles. The molecule has 0 saturated carbocycles. The molecule has 0 amide bonds. The summed E-state index contributed by atoms with van der Waals surface area (Å²) in [5.74, 6) is -2.07. The van der Waals surface area contributed by atoms with Crippen LogP contribution in [0.15, 0.2) is 120 Å². The number of carboxylic acid groups (broad SMARTS) is 2. The molecule has 0 fully saturated rings. The third-order valence-electron chi connectivity index (χ3n) is 4.24. The molecular weight excluding hydrogens is 484 g/mol. The monoisotopic (exact) mass is 514 g/mol. The number of para-hydroxylation sites is 3. The minimum absolute atomic E-state index is 0.190. The Balaban J connectivity index is 0.000000288. The zero-order valence-electron chi connectivity index (χ0n) is 20.8. The van der Waals surface area contributed by atoms with Gasteiger partial charge in [0.2, 0.25) is 0 Å². The minimum atomic E-state index is -1.23. The molecule has 0 spiro atoms. The Labute approximate surface area is 221 Å². The van der Waals surface area contributed by atoms with Gasteiger partial charge < -0.3 is 31.8 Å². The number of rotatable bonds is 4.